The summed E-state index contributed by atoms with van der Waals surface area (Å²) in [6.45, 7) is 2.30. The Kier molecular flexibility index (Phi) is 7.57. The third-order valence-electron chi connectivity index (χ3n) is 4.53. The van der Waals surface area contributed by atoms with Gasteiger partial charge in [-0.2, -0.15) is 5.26 Å². The summed E-state index contributed by atoms with van der Waals surface area (Å²) >= 11 is 7.04. The van der Waals surface area contributed by atoms with E-state index in [4.69, 9.17) is 11.6 Å². The van der Waals surface area contributed by atoms with Gasteiger partial charge in [-0.3, -0.25) is 14.2 Å². The number of hydrogen-bond acceptors (Lipinski definition) is 4. The topological polar surface area (TPSA) is 74.9 Å². The molecule has 9 heteroatoms. The molecule has 0 aliphatic heterocycles. The van der Waals surface area contributed by atoms with Gasteiger partial charge in [0.05, 0.1) is 10.2 Å². The summed E-state index contributed by atoms with van der Waals surface area (Å²) in [6.07, 6.45) is 3.05. The first-order valence-corrected chi connectivity index (χ1v) is 10.9. The molecule has 0 aliphatic carbocycles. The number of nitrogens with one attached hydrogen (secondary N) is 1. The van der Waals surface area contributed by atoms with Crippen LogP contribution in [-0.2, 0) is 4.79 Å². The first-order chi connectivity index (χ1) is 15.4. The molecule has 1 aromatic heterocycles. The van der Waals surface area contributed by atoms with E-state index in [0.29, 0.717) is 29.6 Å². The molecule has 1 heterocycles. The summed E-state index contributed by atoms with van der Waals surface area (Å²) in [4.78, 5) is 25.9. The maximum absolute atomic E-state index is 14.6. The maximum atomic E-state index is 14.6. The minimum atomic E-state index is -1.00. The van der Waals surface area contributed by atoms with E-state index in [1.165, 1.54) is 6.08 Å². The quantitative estimate of drug-likeness (QED) is 0.558. The predicted octanol–water partition coefficient (Wildman–Crippen LogP) is 3.25. The molecule has 0 saturated carbocycles. The molecule has 1 N–H and O–H groups in total. The lowest BCUT2D eigenvalue weighted by Gasteiger charge is -2.06. The molecule has 1 amide bonds. The molecule has 3 rings (SSSR count). The van der Waals surface area contributed by atoms with Crippen molar-refractivity contribution in [2.45, 2.75) is 19.8 Å². The zero-order chi connectivity index (χ0) is 23.3. The molecular formula is C23H18ClF2N3O2S. The van der Waals surface area contributed by atoms with Crippen molar-refractivity contribution in [2.75, 3.05) is 6.54 Å². The average molecular weight is 474 g/mol. The van der Waals surface area contributed by atoms with Crippen molar-refractivity contribution in [3.05, 3.63) is 84.2 Å². The highest BCUT2D eigenvalue weighted by Gasteiger charge is 2.19. The Balaban J connectivity index is 2.35. The van der Waals surface area contributed by atoms with Gasteiger partial charge in [0.15, 0.2) is 5.57 Å². The van der Waals surface area contributed by atoms with Crippen LogP contribution in [0.4, 0.5) is 8.78 Å². The molecular weight excluding hydrogens is 456 g/mol. The number of hydrogen-bond donors (Lipinski definition) is 1. The van der Waals surface area contributed by atoms with E-state index in [1.807, 2.05) is 13.0 Å². The zero-order valence-electron chi connectivity index (χ0n) is 17.0. The standard InChI is InChI=1S/C23H18ClF2N3O2S/c1-2-3-10-28-21(30)16(13-27)23-29(19-9-8-15(25)12-18(19)26)22(31)20(32-23)11-14-6-4-5-7-17(14)24/h4-9,11-12H,2-3,10H2,1H3,(H,28,30)/b20-11-,23-16-. The molecule has 0 spiro atoms. The third kappa shape index (κ3) is 4.96. The number of thiazole rings is 1. The Morgan fingerprint density at radius 1 is 1.28 bits per heavy atom. The van der Waals surface area contributed by atoms with E-state index in [1.54, 1.807) is 24.3 Å². The van der Waals surface area contributed by atoms with Crippen molar-refractivity contribution in [3.63, 3.8) is 0 Å². The lowest BCUT2D eigenvalue weighted by Crippen LogP contribution is -2.34. The van der Waals surface area contributed by atoms with Gasteiger partial charge >= 0.3 is 0 Å². The number of unbranched alkanes of at least 4 members (excludes halogenated alkanes) is 1. The summed E-state index contributed by atoms with van der Waals surface area (Å²) < 4.78 is 29.0. The monoisotopic (exact) mass is 473 g/mol. The Morgan fingerprint density at radius 3 is 2.69 bits per heavy atom. The normalized spacial score (nSPS) is 12.4. The van der Waals surface area contributed by atoms with Gasteiger partial charge in [0, 0.05) is 17.6 Å². The van der Waals surface area contributed by atoms with Gasteiger partial charge in [0.1, 0.15) is 22.4 Å². The van der Waals surface area contributed by atoms with E-state index in [9.17, 15) is 23.6 Å². The molecule has 3 aromatic rings. The molecule has 2 aromatic carbocycles. The van der Waals surface area contributed by atoms with Crippen LogP contribution < -0.4 is 20.1 Å². The Morgan fingerprint density at radius 2 is 2.03 bits per heavy atom. The maximum Gasteiger partial charge on any atom is 0.273 e. The summed E-state index contributed by atoms with van der Waals surface area (Å²) in [7, 11) is 0. The number of carbonyl (C=O) groups is 1. The summed E-state index contributed by atoms with van der Waals surface area (Å²) in [5.74, 6) is -2.50. The lowest BCUT2D eigenvalue weighted by molar-refractivity contribution is -0.115. The second-order valence-corrected chi connectivity index (χ2v) is 8.21. The second kappa shape index (κ2) is 10.4. The Bertz CT molecular complexity index is 1390. The minimum absolute atomic E-state index is 0.0599. The molecule has 0 bridgehead atoms. The number of rotatable bonds is 6. The van der Waals surface area contributed by atoms with Gasteiger partial charge < -0.3 is 5.32 Å². The highest BCUT2D eigenvalue weighted by molar-refractivity contribution is 7.07. The smallest absolute Gasteiger partial charge is 0.273 e. The van der Waals surface area contributed by atoms with Crippen molar-refractivity contribution in [2.24, 2.45) is 0 Å². The third-order valence-corrected chi connectivity index (χ3v) is 5.97. The fourth-order valence-corrected chi connectivity index (χ4v) is 4.20. The van der Waals surface area contributed by atoms with Crippen LogP contribution in [0, 0.1) is 23.0 Å². The van der Waals surface area contributed by atoms with Gasteiger partial charge in [-0.1, -0.05) is 43.1 Å². The van der Waals surface area contributed by atoms with Crippen molar-refractivity contribution in [3.8, 4) is 11.8 Å². The fourth-order valence-electron chi connectivity index (χ4n) is 2.93. The average Bonchev–Trinajstić information content (AvgIpc) is 3.06. The van der Waals surface area contributed by atoms with Crippen molar-refractivity contribution in [1.82, 2.24) is 9.88 Å². The van der Waals surface area contributed by atoms with E-state index in [2.05, 4.69) is 5.32 Å². The van der Waals surface area contributed by atoms with Crippen LogP contribution in [0.15, 0.2) is 47.3 Å². The molecule has 5 nitrogen and oxygen atoms in total. The fraction of sp³-hybridized carbons (Fsp3) is 0.174. The molecule has 32 heavy (non-hydrogen) atoms. The van der Waals surface area contributed by atoms with Gasteiger partial charge in [0.2, 0.25) is 0 Å². The number of halogens is 3. The van der Waals surface area contributed by atoms with E-state index >= 15 is 0 Å². The van der Waals surface area contributed by atoms with Crippen molar-refractivity contribution in [1.29, 1.82) is 5.26 Å². The highest BCUT2D eigenvalue weighted by Crippen LogP contribution is 2.16. The molecule has 0 atom stereocenters. The largest absolute Gasteiger partial charge is 0.351 e. The number of benzene rings is 2. The highest BCUT2D eigenvalue weighted by atomic mass is 35.5. The van der Waals surface area contributed by atoms with Gasteiger partial charge in [-0.15, -0.1) is 11.3 Å². The van der Waals surface area contributed by atoms with Crippen LogP contribution in [0.5, 0.6) is 0 Å². The van der Waals surface area contributed by atoms with Gasteiger partial charge in [0.25, 0.3) is 11.5 Å². The number of nitrogens with zero attached hydrogens (tertiary/aromatic N) is 2. The number of carbonyl (C=O) groups excluding carboxylic acids is 1. The summed E-state index contributed by atoms with van der Waals surface area (Å²) in [6, 6.07) is 11.3. The molecule has 164 valence electrons. The first kappa shape index (κ1) is 23.4. The van der Waals surface area contributed by atoms with E-state index in [0.717, 1.165) is 34.5 Å². The number of amides is 1. The molecule has 0 saturated heterocycles. The van der Waals surface area contributed by atoms with Crippen LogP contribution >= 0.6 is 22.9 Å². The van der Waals surface area contributed by atoms with Crippen LogP contribution in [0.3, 0.4) is 0 Å². The van der Waals surface area contributed by atoms with Crippen LogP contribution in [0.2, 0.25) is 5.02 Å². The number of aromatic nitrogens is 1. The molecule has 0 unspecified atom stereocenters. The summed E-state index contributed by atoms with van der Waals surface area (Å²) in [5.41, 5.74) is -0.734. The SMILES string of the molecule is CCCCNC(=O)/C(C#N)=c1\s/c(=C\c2ccccc2Cl)c(=O)n1-c1ccc(F)cc1F. The second-order valence-electron chi connectivity index (χ2n) is 6.77. The van der Waals surface area contributed by atoms with Gasteiger partial charge in [-0.05, 0) is 36.3 Å². The van der Waals surface area contributed by atoms with Crippen LogP contribution in [-0.4, -0.2) is 17.0 Å². The van der Waals surface area contributed by atoms with Crippen molar-refractivity contribution < 1.29 is 13.6 Å². The van der Waals surface area contributed by atoms with Crippen LogP contribution in [0.1, 0.15) is 25.3 Å². The summed E-state index contributed by atoms with van der Waals surface area (Å²) in [5, 5.41) is 12.7. The van der Waals surface area contributed by atoms with Crippen molar-refractivity contribution >= 4 is 40.5 Å². The zero-order valence-corrected chi connectivity index (χ0v) is 18.6. The Hall–Kier alpha value is -3.28. The van der Waals surface area contributed by atoms with E-state index < -0.39 is 23.1 Å². The van der Waals surface area contributed by atoms with E-state index in [-0.39, 0.29) is 20.5 Å². The molecule has 0 aliphatic rings. The number of nitriles is 1. The molecule has 0 fully saturated rings. The van der Waals surface area contributed by atoms with Crippen LogP contribution in [0.25, 0.3) is 17.3 Å². The predicted molar refractivity (Wildman–Crippen MR) is 121 cm³/mol. The lowest BCUT2D eigenvalue weighted by atomic mass is 10.2. The Labute approximate surface area is 191 Å². The minimum Gasteiger partial charge on any atom is -0.351 e. The first-order valence-electron chi connectivity index (χ1n) is 9.73. The molecule has 0 radical (unpaired) electrons. The van der Waals surface area contributed by atoms with Gasteiger partial charge in [-0.25, -0.2) is 8.78 Å².